The van der Waals surface area contributed by atoms with Gasteiger partial charge in [-0.1, -0.05) is 64.2 Å². The molecule has 0 amide bonds. The Bertz CT molecular complexity index is 1850. The van der Waals surface area contributed by atoms with Crippen molar-refractivity contribution < 1.29 is 68.1 Å². The van der Waals surface area contributed by atoms with E-state index in [0.717, 1.165) is 49.7 Å². The van der Waals surface area contributed by atoms with Gasteiger partial charge in [0.15, 0.2) is 0 Å². The second kappa shape index (κ2) is 19.7. The number of hydrogen-bond donors (Lipinski definition) is 4. The maximum absolute atomic E-state index is 12.2. The zero-order valence-corrected chi connectivity index (χ0v) is 36.5. The lowest BCUT2D eigenvalue weighted by Crippen LogP contribution is -2.58. The van der Waals surface area contributed by atoms with Crippen molar-refractivity contribution in [2.45, 2.75) is 130 Å². The van der Waals surface area contributed by atoms with Crippen LogP contribution in [-0.2, 0) is 47.7 Å². The van der Waals surface area contributed by atoms with Crippen LogP contribution in [0.2, 0.25) is 0 Å². The topological polar surface area (TPSA) is 220 Å². The number of aliphatic hydroxyl groups is 2. The third-order valence-corrected chi connectivity index (χ3v) is 15.4. The molecule has 6 aliphatic rings. The van der Waals surface area contributed by atoms with E-state index >= 15 is 0 Å². The maximum atomic E-state index is 12.2. The van der Waals surface area contributed by atoms with Crippen molar-refractivity contribution in [3.8, 4) is 0 Å². The van der Waals surface area contributed by atoms with Gasteiger partial charge >= 0.3 is 35.8 Å². The summed E-state index contributed by atoms with van der Waals surface area (Å²) in [5.74, 6) is -3.42. The summed E-state index contributed by atoms with van der Waals surface area (Å²) >= 11 is 0. The summed E-state index contributed by atoms with van der Waals surface area (Å²) in [6, 6.07) is 0. The summed E-state index contributed by atoms with van der Waals surface area (Å²) in [6.45, 7) is 16.9. The quantitative estimate of drug-likeness (QED) is 0.0595. The van der Waals surface area contributed by atoms with E-state index in [1.807, 2.05) is 26.0 Å². The number of cyclic esters (lactones) is 2. The van der Waals surface area contributed by atoms with Gasteiger partial charge in [0.2, 0.25) is 0 Å². The summed E-state index contributed by atoms with van der Waals surface area (Å²) in [5.41, 5.74) is 1.77. The average molecular weight is 865 g/mol. The lowest BCUT2D eigenvalue weighted by atomic mass is 9.46. The Morgan fingerprint density at radius 2 is 1.19 bits per heavy atom. The predicted molar refractivity (Wildman–Crippen MR) is 225 cm³/mol. The van der Waals surface area contributed by atoms with Crippen molar-refractivity contribution in [2.24, 2.45) is 45.3 Å². The highest BCUT2D eigenvalue weighted by molar-refractivity contribution is 5.94. The molecule has 14 heteroatoms. The molecule has 6 rings (SSSR count). The number of aliphatic hydroxyl groups excluding tert-OH is 2. The van der Waals surface area contributed by atoms with Gasteiger partial charge in [0, 0.05) is 10.8 Å². The van der Waals surface area contributed by atoms with Gasteiger partial charge in [0.25, 0.3) is 0 Å². The van der Waals surface area contributed by atoms with Crippen LogP contribution in [0.1, 0.15) is 118 Å². The molecule has 340 valence electrons. The molecule has 2 heterocycles. The van der Waals surface area contributed by atoms with Crippen molar-refractivity contribution in [1.82, 2.24) is 0 Å². The Hall–Kier alpha value is -4.82. The van der Waals surface area contributed by atoms with E-state index in [1.54, 1.807) is 12.2 Å². The fourth-order valence-electron chi connectivity index (χ4n) is 11.8. The van der Waals surface area contributed by atoms with Gasteiger partial charge in [0.05, 0.1) is 68.7 Å². The molecule has 10 atom stereocenters. The van der Waals surface area contributed by atoms with Crippen LogP contribution >= 0.6 is 0 Å². The summed E-state index contributed by atoms with van der Waals surface area (Å²) in [5, 5.41) is 38.9. The first-order valence-corrected chi connectivity index (χ1v) is 21.8. The Balaban J connectivity index is 0.000000234. The number of ether oxygens (including phenoxy) is 4. The van der Waals surface area contributed by atoms with Crippen LogP contribution in [0.5, 0.6) is 0 Å². The highest BCUT2D eigenvalue weighted by atomic mass is 16.6. The van der Waals surface area contributed by atoms with Crippen LogP contribution < -0.4 is 0 Å². The number of rotatable bonds is 14. The molecule has 0 spiro atoms. The van der Waals surface area contributed by atoms with E-state index < -0.39 is 46.9 Å². The summed E-state index contributed by atoms with van der Waals surface area (Å²) < 4.78 is 20.9. The molecule has 0 radical (unpaired) electrons. The molecule has 14 nitrogen and oxygen atoms in total. The largest absolute Gasteiger partial charge is 0.481 e. The second-order valence-electron chi connectivity index (χ2n) is 19.0. The molecule has 0 aromatic heterocycles. The van der Waals surface area contributed by atoms with Gasteiger partial charge in [-0.05, 0) is 111 Å². The highest BCUT2D eigenvalue weighted by Crippen LogP contribution is 2.63. The third kappa shape index (κ3) is 10.2. The molecule has 4 N–H and O–H groups in total. The van der Waals surface area contributed by atoms with Gasteiger partial charge < -0.3 is 39.4 Å². The minimum absolute atomic E-state index is 0.0578. The van der Waals surface area contributed by atoms with E-state index in [-0.39, 0.29) is 85.3 Å². The molecule has 4 saturated carbocycles. The van der Waals surface area contributed by atoms with Crippen LogP contribution in [-0.4, -0.2) is 81.7 Å². The second-order valence-corrected chi connectivity index (χ2v) is 19.0. The lowest BCUT2D eigenvalue weighted by molar-refractivity contribution is -0.187. The SMILES string of the molecule is C=C1CC[C@@H]2[C@](C)(CO)[C@H](OC(=O)CCC(=O)O)CC[C@@]2(C)[C@@H]1C/C=C1\C=COC1=O.C=C1CC[C@@H]2[C@](C)(COC(=O)CCC(=O)O)[C@H](O)CC[C@@]2(C)[C@@H]1C/C=C1\C=COC1=O. The molecule has 4 aliphatic carbocycles. The number of fused-ring (bicyclic) bond motifs is 2. The molecule has 4 fully saturated rings. The minimum atomic E-state index is -1.04. The molecular weight excluding hydrogens is 801 g/mol. The summed E-state index contributed by atoms with van der Waals surface area (Å²) in [4.78, 5) is 69.3. The molecule has 0 bridgehead atoms. The number of hydrogen-bond acceptors (Lipinski definition) is 12. The fourth-order valence-corrected chi connectivity index (χ4v) is 11.8. The monoisotopic (exact) mass is 864 g/mol. The lowest BCUT2D eigenvalue weighted by Gasteiger charge is -2.60. The van der Waals surface area contributed by atoms with E-state index in [9.17, 15) is 39.0 Å². The Kier molecular flexibility index (Phi) is 15.3. The predicted octanol–water partition coefficient (Wildman–Crippen LogP) is 7.06. The number of aliphatic carboxylic acids is 2. The van der Waals surface area contributed by atoms with Gasteiger partial charge in [-0.15, -0.1) is 0 Å². The van der Waals surface area contributed by atoms with Crippen molar-refractivity contribution >= 4 is 35.8 Å². The zero-order valence-electron chi connectivity index (χ0n) is 36.5. The molecule has 62 heavy (non-hydrogen) atoms. The van der Waals surface area contributed by atoms with Crippen LogP contribution in [0.25, 0.3) is 0 Å². The average Bonchev–Trinajstić information content (AvgIpc) is 3.84. The van der Waals surface area contributed by atoms with E-state index in [1.165, 1.54) is 12.5 Å². The molecule has 0 aromatic rings. The van der Waals surface area contributed by atoms with E-state index in [2.05, 4.69) is 27.0 Å². The normalized spacial score (nSPS) is 36.2. The number of allylic oxidation sites excluding steroid dienone is 4. The van der Waals surface area contributed by atoms with Gasteiger partial charge in [-0.25, -0.2) is 9.59 Å². The van der Waals surface area contributed by atoms with Crippen molar-refractivity contribution in [3.63, 3.8) is 0 Å². The van der Waals surface area contributed by atoms with Crippen molar-refractivity contribution in [2.75, 3.05) is 13.2 Å². The number of carboxylic acid groups (broad SMARTS) is 2. The maximum Gasteiger partial charge on any atom is 0.342 e. The van der Waals surface area contributed by atoms with Crippen LogP contribution in [0.15, 0.2) is 72.3 Å². The first-order valence-electron chi connectivity index (χ1n) is 21.8. The zero-order chi connectivity index (χ0) is 45.6. The van der Waals surface area contributed by atoms with Gasteiger partial charge in [-0.2, -0.15) is 0 Å². The number of esters is 4. The van der Waals surface area contributed by atoms with Crippen molar-refractivity contribution in [1.29, 1.82) is 0 Å². The molecule has 0 unspecified atom stereocenters. The van der Waals surface area contributed by atoms with Gasteiger partial charge in [0.1, 0.15) is 6.10 Å². The van der Waals surface area contributed by atoms with E-state index in [4.69, 9.17) is 29.2 Å². The Morgan fingerprint density at radius 3 is 1.65 bits per heavy atom. The van der Waals surface area contributed by atoms with Gasteiger partial charge in [-0.3, -0.25) is 19.2 Å². The van der Waals surface area contributed by atoms with E-state index in [0.29, 0.717) is 36.8 Å². The molecule has 0 aromatic carbocycles. The Morgan fingerprint density at radius 1 is 0.726 bits per heavy atom. The van der Waals surface area contributed by atoms with Crippen LogP contribution in [0.4, 0.5) is 0 Å². The number of carbonyl (C=O) groups excluding carboxylic acids is 4. The number of carbonyl (C=O) groups is 6. The summed E-state index contributed by atoms with van der Waals surface area (Å²) in [7, 11) is 0. The standard InChI is InChI=1S/2C24H32O7/c1-15-4-7-18-23(2,17(15)6-5-16-11-13-30-22(16)29)12-10-19(25)24(18,3)14-31-21(28)9-8-20(26)27;1-15-4-7-18-23(2,17(15)6-5-16-11-13-30-22(16)29)12-10-19(24(18,3)14-25)31-21(28)9-8-20(26)27/h2*5,11,13,17-19,25H,1,4,6-10,12,14H2,2-3H3,(H,26,27)/b2*16-5+/t2*17-,18+,19-,23+,24+/m11/s1. The minimum Gasteiger partial charge on any atom is -0.481 e. The smallest absolute Gasteiger partial charge is 0.342 e. The first-order chi connectivity index (χ1) is 29.2. The molecule has 0 saturated heterocycles. The van der Waals surface area contributed by atoms with Crippen molar-refractivity contribution in [3.05, 3.63) is 72.3 Å². The fraction of sp³-hybridized carbons (Fsp3) is 0.625. The van der Waals surface area contributed by atoms with Crippen LogP contribution in [0.3, 0.4) is 0 Å². The molecule has 2 aliphatic heterocycles. The summed E-state index contributed by atoms with van der Waals surface area (Å²) in [6.07, 6.45) is 15.3. The highest BCUT2D eigenvalue weighted by Gasteiger charge is 2.60. The Labute approximate surface area is 363 Å². The molecular formula is C48H64O14. The first kappa shape index (κ1) is 48.2. The van der Waals surface area contributed by atoms with Crippen LogP contribution in [0, 0.1) is 45.3 Å². The number of carboxylic acids is 2. The third-order valence-electron chi connectivity index (χ3n) is 15.4.